The number of nitrogens with zero attached hydrogens (tertiary/aromatic N) is 1. The number of imidazole rings is 1. The van der Waals surface area contributed by atoms with Crippen molar-refractivity contribution in [1.82, 2.24) is 9.97 Å². The van der Waals surface area contributed by atoms with Crippen LogP contribution in [0.3, 0.4) is 0 Å². The summed E-state index contributed by atoms with van der Waals surface area (Å²) in [4.78, 5) is 5.75. The second kappa shape index (κ2) is 3.23. The Kier molecular flexibility index (Phi) is 2.26. The van der Waals surface area contributed by atoms with Gasteiger partial charge in [0.25, 0.3) is 0 Å². The molecule has 0 spiro atoms. The molecule has 0 aliphatic heterocycles. The predicted octanol–water partition coefficient (Wildman–Crippen LogP) is 3.65. The Bertz CT molecular complexity index is 516. The number of aromatic amines is 1. The van der Waals surface area contributed by atoms with E-state index in [4.69, 9.17) is 0 Å². The maximum atomic E-state index is 12.3. The van der Waals surface area contributed by atoms with Crippen molar-refractivity contribution in [3.05, 3.63) is 28.0 Å². The Labute approximate surface area is 91.6 Å². The first kappa shape index (κ1) is 10.5. The van der Waals surface area contributed by atoms with Gasteiger partial charge in [0.1, 0.15) is 5.52 Å². The molecule has 2 nitrogen and oxygen atoms in total. The molecule has 2 aromatic rings. The lowest BCUT2D eigenvalue weighted by molar-refractivity contribution is -0.144. The third kappa shape index (κ3) is 1.73. The third-order valence-corrected chi connectivity index (χ3v) is 3.06. The highest BCUT2D eigenvalue weighted by molar-refractivity contribution is 9.10. The SMILES string of the molecule is Cc1ccc2[nH]c(C(F)(F)F)nc2c1Br. The Morgan fingerprint density at radius 3 is 2.60 bits per heavy atom. The van der Waals surface area contributed by atoms with E-state index in [2.05, 4.69) is 25.9 Å². The second-order valence-electron chi connectivity index (χ2n) is 3.18. The van der Waals surface area contributed by atoms with Crippen LogP contribution in [0.4, 0.5) is 13.2 Å². The van der Waals surface area contributed by atoms with Gasteiger partial charge in [0.15, 0.2) is 0 Å². The molecule has 0 radical (unpaired) electrons. The van der Waals surface area contributed by atoms with Gasteiger partial charge in [-0.1, -0.05) is 6.07 Å². The molecule has 0 bridgehead atoms. The molecule has 0 aliphatic rings. The summed E-state index contributed by atoms with van der Waals surface area (Å²) in [5.74, 6) is -0.969. The normalized spacial score (nSPS) is 12.3. The van der Waals surface area contributed by atoms with Crippen LogP contribution in [0.15, 0.2) is 16.6 Å². The highest BCUT2D eigenvalue weighted by Crippen LogP contribution is 2.31. The summed E-state index contributed by atoms with van der Waals surface area (Å²) >= 11 is 3.21. The fourth-order valence-electron chi connectivity index (χ4n) is 1.28. The van der Waals surface area contributed by atoms with Crippen LogP contribution in [0.25, 0.3) is 11.0 Å². The number of H-pyrrole nitrogens is 1. The van der Waals surface area contributed by atoms with E-state index in [1.807, 2.05) is 0 Å². The first-order valence-electron chi connectivity index (χ1n) is 4.11. The van der Waals surface area contributed by atoms with Crippen molar-refractivity contribution >= 4 is 27.0 Å². The number of hydrogen-bond donors (Lipinski definition) is 1. The fourth-order valence-corrected chi connectivity index (χ4v) is 1.71. The molecule has 0 fully saturated rings. The van der Waals surface area contributed by atoms with E-state index in [0.717, 1.165) is 5.56 Å². The third-order valence-electron chi connectivity index (χ3n) is 2.05. The number of benzene rings is 1. The fraction of sp³-hybridized carbons (Fsp3) is 0.222. The van der Waals surface area contributed by atoms with Gasteiger partial charge in [-0.25, -0.2) is 4.98 Å². The number of hydrogen-bond acceptors (Lipinski definition) is 1. The second-order valence-corrected chi connectivity index (χ2v) is 3.97. The molecule has 6 heteroatoms. The van der Waals surface area contributed by atoms with Crippen LogP contribution >= 0.6 is 15.9 Å². The molecule has 15 heavy (non-hydrogen) atoms. The molecule has 1 aromatic carbocycles. The van der Waals surface area contributed by atoms with Crippen LogP contribution in [0.5, 0.6) is 0 Å². The lowest BCUT2D eigenvalue weighted by Gasteiger charge is -1.99. The number of aromatic nitrogens is 2. The molecular formula is C9H6BrF3N2. The lowest BCUT2D eigenvalue weighted by Crippen LogP contribution is -2.06. The van der Waals surface area contributed by atoms with Crippen LogP contribution in [-0.4, -0.2) is 9.97 Å². The Hall–Kier alpha value is -1.04. The van der Waals surface area contributed by atoms with Crippen LogP contribution in [0.2, 0.25) is 0 Å². The van der Waals surface area contributed by atoms with Crippen molar-refractivity contribution < 1.29 is 13.2 Å². The van der Waals surface area contributed by atoms with Crippen molar-refractivity contribution in [3.8, 4) is 0 Å². The molecule has 0 saturated carbocycles. The van der Waals surface area contributed by atoms with Crippen LogP contribution in [0, 0.1) is 6.92 Å². The van der Waals surface area contributed by atoms with Crippen molar-refractivity contribution in [2.75, 3.05) is 0 Å². The van der Waals surface area contributed by atoms with Gasteiger partial charge < -0.3 is 4.98 Å². The van der Waals surface area contributed by atoms with E-state index in [-0.39, 0.29) is 0 Å². The standard InChI is InChI=1S/C9H6BrF3N2/c1-4-2-3-5-7(6(4)10)15-8(14-5)9(11,12)13/h2-3H,1H3,(H,14,15). The highest BCUT2D eigenvalue weighted by Gasteiger charge is 2.34. The summed E-state index contributed by atoms with van der Waals surface area (Å²) in [5, 5.41) is 0. The largest absolute Gasteiger partial charge is 0.449 e. The molecule has 80 valence electrons. The van der Waals surface area contributed by atoms with Gasteiger partial charge in [0.2, 0.25) is 5.82 Å². The number of fused-ring (bicyclic) bond motifs is 1. The first-order chi connectivity index (χ1) is 6.89. The van der Waals surface area contributed by atoms with Gasteiger partial charge in [-0.05, 0) is 34.5 Å². The quantitative estimate of drug-likeness (QED) is 0.783. The van der Waals surface area contributed by atoms with E-state index in [0.29, 0.717) is 15.5 Å². The molecule has 0 unspecified atom stereocenters. The average Bonchev–Trinajstić information content (AvgIpc) is 2.55. The molecule has 0 amide bonds. The summed E-state index contributed by atoms with van der Waals surface area (Å²) in [6.45, 7) is 1.80. The van der Waals surface area contributed by atoms with E-state index < -0.39 is 12.0 Å². The highest BCUT2D eigenvalue weighted by atomic mass is 79.9. The molecule has 1 N–H and O–H groups in total. The van der Waals surface area contributed by atoms with Crippen LogP contribution < -0.4 is 0 Å². The molecule has 1 heterocycles. The number of rotatable bonds is 0. The van der Waals surface area contributed by atoms with Gasteiger partial charge in [-0.2, -0.15) is 13.2 Å². The summed E-state index contributed by atoms with van der Waals surface area (Å²) in [6.07, 6.45) is -4.44. The van der Waals surface area contributed by atoms with Gasteiger partial charge in [0, 0.05) is 4.47 Å². The minimum atomic E-state index is -4.44. The predicted molar refractivity (Wildman–Crippen MR) is 53.5 cm³/mol. The van der Waals surface area contributed by atoms with Gasteiger partial charge in [0.05, 0.1) is 5.52 Å². The number of aryl methyl sites for hydroxylation is 1. The van der Waals surface area contributed by atoms with Crippen LogP contribution in [0.1, 0.15) is 11.4 Å². The zero-order chi connectivity index (χ0) is 11.2. The molecule has 2 rings (SSSR count). The van der Waals surface area contributed by atoms with Gasteiger partial charge in [-0.3, -0.25) is 0 Å². The summed E-state index contributed by atoms with van der Waals surface area (Å²) < 4.78 is 37.6. The van der Waals surface area contributed by atoms with E-state index in [1.54, 1.807) is 19.1 Å². The smallest absolute Gasteiger partial charge is 0.334 e. The number of halogens is 4. The Morgan fingerprint density at radius 1 is 1.33 bits per heavy atom. The number of nitrogens with one attached hydrogen (secondary N) is 1. The van der Waals surface area contributed by atoms with Crippen molar-refractivity contribution in [2.45, 2.75) is 13.1 Å². The monoisotopic (exact) mass is 278 g/mol. The molecule has 0 aliphatic carbocycles. The summed E-state index contributed by atoms with van der Waals surface area (Å²) in [6, 6.07) is 3.31. The van der Waals surface area contributed by atoms with E-state index >= 15 is 0 Å². The van der Waals surface area contributed by atoms with Crippen molar-refractivity contribution in [2.24, 2.45) is 0 Å². The lowest BCUT2D eigenvalue weighted by atomic mass is 10.2. The zero-order valence-electron chi connectivity index (χ0n) is 7.61. The van der Waals surface area contributed by atoms with Crippen LogP contribution in [-0.2, 0) is 6.18 Å². The maximum absolute atomic E-state index is 12.3. The summed E-state index contributed by atoms with van der Waals surface area (Å²) in [7, 11) is 0. The van der Waals surface area contributed by atoms with Crippen molar-refractivity contribution in [3.63, 3.8) is 0 Å². The van der Waals surface area contributed by atoms with Gasteiger partial charge >= 0.3 is 6.18 Å². The first-order valence-corrected chi connectivity index (χ1v) is 4.91. The Balaban J connectivity index is 2.72. The number of alkyl halides is 3. The van der Waals surface area contributed by atoms with Gasteiger partial charge in [-0.15, -0.1) is 0 Å². The summed E-state index contributed by atoms with van der Waals surface area (Å²) in [5.41, 5.74) is 1.53. The average molecular weight is 279 g/mol. The minimum absolute atomic E-state index is 0.308. The zero-order valence-corrected chi connectivity index (χ0v) is 9.20. The molecule has 0 atom stereocenters. The van der Waals surface area contributed by atoms with E-state index in [1.165, 1.54) is 0 Å². The maximum Gasteiger partial charge on any atom is 0.449 e. The molecule has 1 aromatic heterocycles. The Morgan fingerprint density at radius 2 is 2.00 bits per heavy atom. The minimum Gasteiger partial charge on any atom is -0.334 e. The van der Waals surface area contributed by atoms with E-state index in [9.17, 15) is 13.2 Å². The van der Waals surface area contributed by atoms with Crippen molar-refractivity contribution in [1.29, 1.82) is 0 Å². The topological polar surface area (TPSA) is 28.7 Å². The molecular weight excluding hydrogens is 273 g/mol. The molecule has 0 saturated heterocycles.